The SMILES string of the molecule is COC(=O)c1ccc(NC(=O)Cn2c(N)nc(N)cc2=O)cn1. The van der Waals surface area contributed by atoms with E-state index in [1.807, 2.05) is 0 Å². The van der Waals surface area contributed by atoms with Crippen molar-refractivity contribution in [2.24, 2.45) is 0 Å². The third-order valence-corrected chi connectivity index (χ3v) is 2.80. The molecule has 0 bridgehead atoms. The van der Waals surface area contributed by atoms with Crippen molar-refractivity contribution in [1.29, 1.82) is 0 Å². The standard InChI is InChI=1S/C13H14N6O4/c1-23-12(22)8-3-2-7(5-16-8)17-10(20)6-19-11(21)4-9(14)18-13(19)15/h2-5H,6,14H2,1H3,(H2,15,18)(H,17,20). The molecule has 0 aliphatic rings. The number of rotatable bonds is 4. The van der Waals surface area contributed by atoms with Gasteiger partial charge in [-0.05, 0) is 12.1 Å². The Morgan fingerprint density at radius 3 is 2.65 bits per heavy atom. The van der Waals surface area contributed by atoms with Gasteiger partial charge < -0.3 is 21.5 Å². The predicted octanol–water partition coefficient (Wildman–Crippen LogP) is -0.772. The Kier molecular flexibility index (Phi) is 4.55. The topological polar surface area (TPSA) is 155 Å². The fourth-order valence-electron chi connectivity index (χ4n) is 1.74. The number of nitrogens with zero attached hydrogens (tertiary/aromatic N) is 3. The van der Waals surface area contributed by atoms with Crippen molar-refractivity contribution in [3.63, 3.8) is 0 Å². The third-order valence-electron chi connectivity index (χ3n) is 2.80. The van der Waals surface area contributed by atoms with Crippen LogP contribution >= 0.6 is 0 Å². The molecule has 120 valence electrons. The molecule has 2 rings (SSSR count). The first kappa shape index (κ1) is 15.9. The molecule has 0 unspecified atom stereocenters. The highest BCUT2D eigenvalue weighted by molar-refractivity contribution is 5.91. The lowest BCUT2D eigenvalue weighted by Crippen LogP contribution is -2.30. The quantitative estimate of drug-likeness (QED) is 0.620. The number of nitrogen functional groups attached to an aromatic ring is 2. The van der Waals surface area contributed by atoms with Crippen LogP contribution in [0.5, 0.6) is 0 Å². The van der Waals surface area contributed by atoms with Crippen LogP contribution in [0.2, 0.25) is 0 Å². The van der Waals surface area contributed by atoms with Gasteiger partial charge in [0.25, 0.3) is 5.56 Å². The number of hydrogen-bond donors (Lipinski definition) is 3. The van der Waals surface area contributed by atoms with E-state index in [2.05, 4.69) is 20.0 Å². The number of hydrogen-bond acceptors (Lipinski definition) is 8. The largest absolute Gasteiger partial charge is 0.464 e. The number of carbonyl (C=O) groups excluding carboxylic acids is 2. The van der Waals surface area contributed by atoms with Crippen molar-refractivity contribution in [1.82, 2.24) is 14.5 Å². The van der Waals surface area contributed by atoms with E-state index < -0.39 is 17.4 Å². The summed E-state index contributed by atoms with van der Waals surface area (Å²) in [5.41, 5.74) is 10.9. The van der Waals surface area contributed by atoms with Crippen molar-refractivity contribution < 1.29 is 14.3 Å². The van der Waals surface area contributed by atoms with Crippen LogP contribution in [0.1, 0.15) is 10.5 Å². The molecular weight excluding hydrogens is 304 g/mol. The Balaban J connectivity index is 2.08. The Morgan fingerprint density at radius 2 is 2.09 bits per heavy atom. The van der Waals surface area contributed by atoms with Gasteiger partial charge in [0.15, 0.2) is 0 Å². The van der Waals surface area contributed by atoms with Crippen molar-refractivity contribution >= 4 is 29.3 Å². The maximum atomic E-state index is 11.9. The van der Waals surface area contributed by atoms with Crippen LogP contribution in [0.25, 0.3) is 0 Å². The van der Waals surface area contributed by atoms with E-state index in [9.17, 15) is 14.4 Å². The average molecular weight is 318 g/mol. The summed E-state index contributed by atoms with van der Waals surface area (Å²) in [6, 6.07) is 3.94. The summed E-state index contributed by atoms with van der Waals surface area (Å²) >= 11 is 0. The van der Waals surface area contributed by atoms with Gasteiger partial charge in [0.2, 0.25) is 11.9 Å². The van der Waals surface area contributed by atoms with Gasteiger partial charge >= 0.3 is 5.97 Å². The number of nitrogens with two attached hydrogens (primary N) is 2. The highest BCUT2D eigenvalue weighted by atomic mass is 16.5. The van der Waals surface area contributed by atoms with Gasteiger partial charge in [-0.3, -0.25) is 14.2 Å². The number of nitrogens with one attached hydrogen (secondary N) is 1. The smallest absolute Gasteiger partial charge is 0.356 e. The predicted molar refractivity (Wildman–Crippen MR) is 81.5 cm³/mol. The zero-order valence-corrected chi connectivity index (χ0v) is 12.1. The van der Waals surface area contributed by atoms with Gasteiger partial charge in [-0.2, -0.15) is 4.98 Å². The number of pyridine rings is 1. The Morgan fingerprint density at radius 1 is 1.35 bits per heavy atom. The number of amides is 1. The zero-order chi connectivity index (χ0) is 17.0. The lowest BCUT2D eigenvalue weighted by molar-refractivity contribution is -0.116. The maximum absolute atomic E-state index is 11.9. The Bertz CT molecular complexity index is 799. The number of ether oxygens (including phenoxy) is 1. The molecule has 0 saturated carbocycles. The van der Waals surface area contributed by atoms with Crippen LogP contribution in [-0.2, 0) is 16.1 Å². The van der Waals surface area contributed by atoms with Gasteiger partial charge in [-0.25, -0.2) is 9.78 Å². The molecule has 5 N–H and O–H groups in total. The molecule has 2 heterocycles. The van der Waals surface area contributed by atoms with Crippen LogP contribution in [0.4, 0.5) is 17.5 Å². The second-order valence-corrected chi connectivity index (χ2v) is 4.44. The summed E-state index contributed by atoms with van der Waals surface area (Å²) in [5, 5.41) is 2.52. The summed E-state index contributed by atoms with van der Waals surface area (Å²) in [7, 11) is 1.24. The molecule has 23 heavy (non-hydrogen) atoms. The van der Waals surface area contributed by atoms with Crippen LogP contribution < -0.4 is 22.3 Å². The van der Waals surface area contributed by atoms with E-state index in [0.717, 1.165) is 10.6 Å². The molecule has 0 atom stereocenters. The average Bonchev–Trinajstić information content (AvgIpc) is 2.51. The van der Waals surface area contributed by atoms with E-state index in [0.29, 0.717) is 5.69 Å². The summed E-state index contributed by atoms with van der Waals surface area (Å²) in [6.45, 7) is -0.337. The van der Waals surface area contributed by atoms with Crippen molar-refractivity contribution in [2.45, 2.75) is 6.54 Å². The van der Waals surface area contributed by atoms with Crippen LogP contribution in [0, 0.1) is 0 Å². The Labute approximate surface area is 130 Å². The van der Waals surface area contributed by atoms with Gasteiger partial charge in [-0.1, -0.05) is 0 Å². The normalized spacial score (nSPS) is 10.1. The Hall–Kier alpha value is -3.43. The maximum Gasteiger partial charge on any atom is 0.356 e. The van der Waals surface area contributed by atoms with E-state index in [4.69, 9.17) is 11.5 Å². The molecule has 10 nitrogen and oxygen atoms in total. The first-order chi connectivity index (χ1) is 10.9. The number of carbonyl (C=O) groups is 2. The molecule has 0 saturated heterocycles. The van der Waals surface area contributed by atoms with E-state index in [1.165, 1.54) is 25.4 Å². The lowest BCUT2D eigenvalue weighted by Gasteiger charge is -2.09. The fraction of sp³-hybridized carbons (Fsp3) is 0.154. The molecule has 0 aromatic carbocycles. The van der Waals surface area contributed by atoms with Gasteiger partial charge in [0.1, 0.15) is 18.1 Å². The number of methoxy groups -OCH3 is 1. The summed E-state index contributed by atoms with van der Waals surface area (Å²) in [6.07, 6.45) is 1.29. The van der Waals surface area contributed by atoms with E-state index >= 15 is 0 Å². The molecule has 0 fully saturated rings. The van der Waals surface area contributed by atoms with Gasteiger partial charge in [0, 0.05) is 6.07 Å². The van der Waals surface area contributed by atoms with Crippen molar-refractivity contribution in [3.8, 4) is 0 Å². The minimum atomic E-state index is -0.588. The monoisotopic (exact) mass is 318 g/mol. The highest BCUT2D eigenvalue weighted by Crippen LogP contribution is 2.07. The summed E-state index contributed by atoms with van der Waals surface area (Å²) in [4.78, 5) is 42.5. The van der Waals surface area contributed by atoms with Gasteiger partial charge in [0.05, 0.1) is 19.0 Å². The number of anilines is 3. The third kappa shape index (κ3) is 3.81. The molecule has 1 amide bonds. The first-order valence-corrected chi connectivity index (χ1v) is 6.37. The van der Waals surface area contributed by atoms with Crippen molar-refractivity contribution in [2.75, 3.05) is 23.9 Å². The molecule has 0 aliphatic carbocycles. The molecule has 0 aliphatic heterocycles. The molecular formula is C13H14N6O4. The lowest BCUT2D eigenvalue weighted by atomic mass is 10.3. The fourth-order valence-corrected chi connectivity index (χ4v) is 1.74. The second kappa shape index (κ2) is 6.56. The molecule has 0 spiro atoms. The van der Waals surface area contributed by atoms with E-state index in [-0.39, 0.29) is 24.0 Å². The second-order valence-electron chi connectivity index (χ2n) is 4.44. The molecule has 2 aromatic heterocycles. The van der Waals surface area contributed by atoms with Crippen LogP contribution in [-0.4, -0.2) is 33.5 Å². The van der Waals surface area contributed by atoms with Gasteiger partial charge in [-0.15, -0.1) is 0 Å². The highest BCUT2D eigenvalue weighted by Gasteiger charge is 2.11. The summed E-state index contributed by atoms with van der Waals surface area (Å²) in [5.74, 6) is -1.29. The minimum Gasteiger partial charge on any atom is -0.464 e. The number of esters is 1. The van der Waals surface area contributed by atoms with Crippen LogP contribution in [0.15, 0.2) is 29.2 Å². The number of aromatic nitrogens is 3. The first-order valence-electron chi connectivity index (χ1n) is 6.37. The minimum absolute atomic E-state index is 0.0215. The zero-order valence-electron chi connectivity index (χ0n) is 12.1. The van der Waals surface area contributed by atoms with Crippen LogP contribution in [0.3, 0.4) is 0 Å². The molecule has 10 heteroatoms. The van der Waals surface area contributed by atoms with E-state index in [1.54, 1.807) is 0 Å². The molecule has 2 aromatic rings. The summed E-state index contributed by atoms with van der Waals surface area (Å²) < 4.78 is 5.49. The van der Waals surface area contributed by atoms with Crippen molar-refractivity contribution in [3.05, 3.63) is 40.4 Å². The molecule has 0 radical (unpaired) electrons.